The smallest absolute Gasteiger partial charge is 0.235 e. The lowest BCUT2D eigenvalue weighted by atomic mass is 10.00. The van der Waals surface area contributed by atoms with E-state index in [1.54, 1.807) is 0 Å². The lowest BCUT2D eigenvalue weighted by Crippen LogP contribution is -2.38. The molecule has 0 spiro atoms. The summed E-state index contributed by atoms with van der Waals surface area (Å²) in [4.78, 5) is 14.3. The van der Waals surface area contributed by atoms with Crippen molar-refractivity contribution in [2.45, 2.75) is 32.6 Å². The molecule has 1 aliphatic rings. The number of hydrogen-bond donors (Lipinski definition) is 0. The fourth-order valence-corrected chi connectivity index (χ4v) is 4.34. The molecule has 0 saturated carbocycles. The molecule has 2 aromatic carbocycles. The summed E-state index contributed by atoms with van der Waals surface area (Å²) in [5.74, 6) is 0.548. The standard InChI is InChI=1S/C20H23NO2S/c1-15-7-8-16(2)19(11-15)13-24(23)14-20(22)21-10-9-17-5-3-4-6-18(17)12-21/h3-8,11H,9-10,12-14H2,1-2H3. The third kappa shape index (κ3) is 3.93. The molecule has 0 N–H and O–H groups in total. The highest BCUT2D eigenvalue weighted by Gasteiger charge is 2.22. The Morgan fingerprint density at radius 3 is 2.67 bits per heavy atom. The van der Waals surface area contributed by atoms with Crippen molar-refractivity contribution in [1.29, 1.82) is 0 Å². The highest BCUT2D eigenvalue weighted by molar-refractivity contribution is 7.84. The van der Waals surface area contributed by atoms with E-state index in [1.807, 2.05) is 36.9 Å². The van der Waals surface area contributed by atoms with Crippen molar-refractivity contribution in [1.82, 2.24) is 4.90 Å². The Bertz CT molecular complexity index is 785. The van der Waals surface area contributed by atoms with Gasteiger partial charge < -0.3 is 4.90 Å². The largest absolute Gasteiger partial charge is 0.337 e. The fraction of sp³-hybridized carbons (Fsp3) is 0.350. The fourth-order valence-electron chi connectivity index (χ4n) is 3.12. The zero-order chi connectivity index (χ0) is 17.1. The van der Waals surface area contributed by atoms with Crippen molar-refractivity contribution in [2.24, 2.45) is 0 Å². The molecule has 0 saturated heterocycles. The predicted octanol–water partition coefficient (Wildman–Crippen LogP) is 3.14. The lowest BCUT2D eigenvalue weighted by molar-refractivity contribution is -0.129. The minimum absolute atomic E-state index is 0.00635. The van der Waals surface area contributed by atoms with E-state index in [0.29, 0.717) is 12.3 Å². The normalized spacial score (nSPS) is 15.0. The number of amides is 1. The second-order valence-electron chi connectivity index (χ2n) is 6.49. The molecule has 1 atom stereocenters. The number of nitrogens with zero attached hydrogens (tertiary/aromatic N) is 1. The van der Waals surface area contributed by atoms with E-state index in [9.17, 15) is 9.00 Å². The highest BCUT2D eigenvalue weighted by Crippen LogP contribution is 2.19. The van der Waals surface area contributed by atoms with Gasteiger partial charge in [-0.25, -0.2) is 0 Å². The number of carbonyl (C=O) groups is 1. The first-order chi connectivity index (χ1) is 11.5. The summed E-state index contributed by atoms with van der Waals surface area (Å²) in [5, 5.41) is 0. The first kappa shape index (κ1) is 16.9. The van der Waals surface area contributed by atoms with E-state index >= 15 is 0 Å². The summed E-state index contributed by atoms with van der Waals surface area (Å²) in [7, 11) is -1.17. The summed E-state index contributed by atoms with van der Waals surface area (Å²) < 4.78 is 12.4. The maximum absolute atomic E-state index is 12.5. The van der Waals surface area contributed by atoms with Gasteiger partial charge in [-0.3, -0.25) is 9.00 Å². The van der Waals surface area contributed by atoms with Crippen LogP contribution in [-0.4, -0.2) is 27.3 Å². The van der Waals surface area contributed by atoms with Crippen LogP contribution in [0.25, 0.3) is 0 Å². The zero-order valence-electron chi connectivity index (χ0n) is 14.2. The lowest BCUT2D eigenvalue weighted by Gasteiger charge is -2.28. The van der Waals surface area contributed by atoms with Gasteiger partial charge in [0.05, 0.1) is 0 Å². The molecule has 0 aromatic heterocycles. The topological polar surface area (TPSA) is 37.4 Å². The van der Waals surface area contributed by atoms with Crippen LogP contribution >= 0.6 is 0 Å². The van der Waals surface area contributed by atoms with Crippen LogP contribution in [0.4, 0.5) is 0 Å². The van der Waals surface area contributed by atoms with Gasteiger partial charge in [0.15, 0.2) is 0 Å². The molecular weight excluding hydrogens is 318 g/mol. The Balaban J connectivity index is 1.61. The number of benzene rings is 2. The Labute approximate surface area is 146 Å². The quantitative estimate of drug-likeness (QED) is 0.857. The molecule has 3 nitrogen and oxygen atoms in total. The Kier molecular flexibility index (Phi) is 5.14. The second-order valence-corrected chi connectivity index (χ2v) is 7.95. The summed E-state index contributed by atoms with van der Waals surface area (Å²) >= 11 is 0. The molecule has 0 fully saturated rings. The SMILES string of the molecule is Cc1ccc(C)c(CS(=O)CC(=O)N2CCc3ccccc3C2)c1. The molecule has 0 radical (unpaired) electrons. The van der Waals surface area contributed by atoms with E-state index in [4.69, 9.17) is 0 Å². The summed E-state index contributed by atoms with van der Waals surface area (Å²) in [6.07, 6.45) is 0.880. The summed E-state index contributed by atoms with van der Waals surface area (Å²) in [6, 6.07) is 14.4. The van der Waals surface area contributed by atoms with Crippen LogP contribution in [0.15, 0.2) is 42.5 Å². The first-order valence-corrected chi connectivity index (χ1v) is 9.77. The molecule has 1 amide bonds. The van der Waals surface area contributed by atoms with Crippen LogP contribution in [0, 0.1) is 13.8 Å². The third-order valence-corrected chi connectivity index (χ3v) is 5.79. The van der Waals surface area contributed by atoms with Crippen LogP contribution in [0.1, 0.15) is 27.8 Å². The van der Waals surface area contributed by atoms with Crippen LogP contribution in [-0.2, 0) is 34.3 Å². The van der Waals surface area contributed by atoms with Crippen molar-refractivity contribution in [3.8, 4) is 0 Å². The van der Waals surface area contributed by atoms with E-state index in [0.717, 1.165) is 29.7 Å². The van der Waals surface area contributed by atoms with E-state index in [-0.39, 0.29) is 11.7 Å². The van der Waals surface area contributed by atoms with Crippen LogP contribution < -0.4 is 0 Å². The van der Waals surface area contributed by atoms with E-state index in [1.165, 1.54) is 11.1 Å². The van der Waals surface area contributed by atoms with Gasteiger partial charge >= 0.3 is 0 Å². The minimum Gasteiger partial charge on any atom is -0.337 e. The molecule has 3 rings (SSSR count). The maximum Gasteiger partial charge on any atom is 0.235 e. The average molecular weight is 341 g/mol. The Morgan fingerprint density at radius 1 is 1.12 bits per heavy atom. The maximum atomic E-state index is 12.5. The Hall–Kier alpha value is -1.94. The van der Waals surface area contributed by atoms with Gasteiger partial charge in [0.2, 0.25) is 5.91 Å². The number of hydrogen-bond acceptors (Lipinski definition) is 2. The van der Waals surface area contributed by atoms with Crippen LogP contribution in [0.5, 0.6) is 0 Å². The summed E-state index contributed by atoms with van der Waals surface area (Å²) in [6.45, 7) is 5.41. The number of fused-ring (bicyclic) bond motifs is 1. The van der Waals surface area contributed by atoms with E-state index in [2.05, 4.69) is 24.3 Å². The Morgan fingerprint density at radius 2 is 1.88 bits per heavy atom. The molecule has 1 unspecified atom stereocenters. The molecule has 0 aliphatic carbocycles. The molecule has 0 bridgehead atoms. The van der Waals surface area contributed by atoms with Gasteiger partial charge in [-0.05, 0) is 42.5 Å². The predicted molar refractivity (Wildman–Crippen MR) is 98.2 cm³/mol. The minimum atomic E-state index is -1.17. The van der Waals surface area contributed by atoms with Crippen molar-refractivity contribution < 1.29 is 9.00 Å². The molecule has 1 aliphatic heterocycles. The molecule has 126 valence electrons. The number of carbonyl (C=O) groups excluding carboxylic acids is 1. The van der Waals surface area contributed by atoms with Crippen molar-refractivity contribution >= 4 is 16.7 Å². The molecule has 4 heteroatoms. The molecule has 24 heavy (non-hydrogen) atoms. The molecule has 1 heterocycles. The van der Waals surface area contributed by atoms with Crippen molar-refractivity contribution in [3.63, 3.8) is 0 Å². The van der Waals surface area contributed by atoms with E-state index < -0.39 is 10.8 Å². The third-order valence-electron chi connectivity index (χ3n) is 4.59. The second kappa shape index (κ2) is 7.31. The van der Waals surface area contributed by atoms with Gasteiger partial charge in [-0.15, -0.1) is 0 Å². The molecule has 2 aromatic rings. The molecular formula is C20H23NO2S. The monoisotopic (exact) mass is 341 g/mol. The zero-order valence-corrected chi connectivity index (χ0v) is 15.1. The highest BCUT2D eigenvalue weighted by atomic mass is 32.2. The van der Waals surface area contributed by atoms with Gasteiger partial charge in [-0.1, -0.05) is 48.0 Å². The summed E-state index contributed by atoms with van der Waals surface area (Å²) in [5.41, 5.74) is 5.89. The van der Waals surface area contributed by atoms with Crippen LogP contribution in [0.3, 0.4) is 0 Å². The number of rotatable bonds is 4. The van der Waals surface area contributed by atoms with Crippen LogP contribution in [0.2, 0.25) is 0 Å². The van der Waals surface area contributed by atoms with Gasteiger partial charge in [0, 0.05) is 29.6 Å². The van der Waals surface area contributed by atoms with Gasteiger partial charge in [-0.2, -0.15) is 0 Å². The van der Waals surface area contributed by atoms with Crippen molar-refractivity contribution in [3.05, 3.63) is 70.3 Å². The average Bonchev–Trinajstić information content (AvgIpc) is 2.57. The first-order valence-electron chi connectivity index (χ1n) is 8.28. The van der Waals surface area contributed by atoms with Gasteiger partial charge in [0.1, 0.15) is 5.75 Å². The van der Waals surface area contributed by atoms with Crippen molar-refractivity contribution in [2.75, 3.05) is 12.3 Å². The van der Waals surface area contributed by atoms with Gasteiger partial charge in [0.25, 0.3) is 0 Å². The number of aryl methyl sites for hydroxylation is 2.